The van der Waals surface area contributed by atoms with E-state index in [1.165, 1.54) is 0 Å². The molecule has 0 saturated heterocycles. The van der Waals surface area contributed by atoms with E-state index in [4.69, 9.17) is 9.47 Å². The maximum atomic E-state index is 11.7. The predicted octanol–water partition coefficient (Wildman–Crippen LogP) is 2.47. The van der Waals surface area contributed by atoms with Crippen LogP contribution >= 0.6 is 0 Å². The molecule has 110 valence electrons. The molecule has 1 aromatic rings. The smallest absolute Gasteiger partial charge is 0.315 e. The number of carbonyl (C=O) groups excluding carboxylic acids is 1. The van der Waals surface area contributed by atoms with Crippen LogP contribution in [0.5, 0.6) is 11.5 Å². The predicted molar refractivity (Wildman–Crippen MR) is 77.2 cm³/mol. The average Bonchev–Trinajstić information content (AvgIpc) is 2.44. The van der Waals surface area contributed by atoms with E-state index >= 15 is 0 Å². The van der Waals surface area contributed by atoms with Gasteiger partial charge in [0, 0.05) is 6.54 Å². The van der Waals surface area contributed by atoms with Crippen LogP contribution in [0.4, 0.5) is 4.79 Å². The Balaban J connectivity index is 2.18. The third kappa shape index (κ3) is 3.35. The number of fused-ring (bicyclic) bond motifs is 1. The number of hydrogen-bond acceptors (Lipinski definition) is 3. The molecule has 0 bridgehead atoms. The lowest BCUT2D eigenvalue weighted by atomic mass is 9.95. The summed E-state index contributed by atoms with van der Waals surface area (Å²) in [5, 5.41) is 5.75. The van der Waals surface area contributed by atoms with E-state index in [0.717, 1.165) is 17.1 Å². The lowest BCUT2D eigenvalue weighted by Crippen LogP contribution is -2.39. The highest BCUT2D eigenvalue weighted by molar-refractivity contribution is 5.74. The van der Waals surface area contributed by atoms with Crippen molar-refractivity contribution in [1.82, 2.24) is 10.6 Å². The molecule has 5 nitrogen and oxygen atoms in total. The molecule has 0 spiro atoms. The molecular formula is C15H22N2O3. The van der Waals surface area contributed by atoms with Crippen molar-refractivity contribution in [2.24, 2.45) is 5.92 Å². The lowest BCUT2D eigenvalue weighted by Gasteiger charge is -2.25. The molecule has 1 heterocycles. The topological polar surface area (TPSA) is 59.6 Å². The van der Waals surface area contributed by atoms with Gasteiger partial charge in [0.1, 0.15) is 13.2 Å². The van der Waals surface area contributed by atoms with Gasteiger partial charge < -0.3 is 20.1 Å². The second-order valence-electron chi connectivity index (χ2n) is 5.13. The van der Waals surface area contributed by atoms with Crippen LogP contribution in [0, 0.1) is 5.92 Å². The summed E-state index contributed by atoms with van der Waals surface area (Å²) >= 11 is 0. The summed E-state index contributed by atoms with van der Waals surface area (Å²) in [6.07, 6.45) is 0. The molecule has 20 heavy (non-hydrogen) atoms. The molecule has 0 fully saturated rings. The molecular weight excluding hydrogens is 256 g/mol. The summed E-state index contributed by atoms with van der Waals surface area (Å²) < 4.78 is 11.1. The van der Waals surface area contributed by atoms with Crippen LogP contribution < -0.4 is 20.1 Å². The summed E-state index contributed by atoms with van der Waals surface area (Å²) in [5.41, 5.74) is 1.02. The van der Waals surface area contributed by atoms with Crippen LogP contribution in [0.15, 0.2) is 18.2 Å². The molecule has 1 aliphatic rings. The fourth-order valence-corrected chi connectivity index (χ4v) is 2.24. The average molecular weight is 278 g/mol. The van der Waals surface area contributed by atoms with Gasteiger partial charge in [-0.05, 0) is 30.5 Å². The fourth-order valence-electron chi connectivity index (χ4n) is 2.24. The van der Waals surface area contributed by atoms with E-state index in [9.17, 15) is 4.79 Å². The molecule has 1 aliphatic heterocycles. The number of ether oxygens (including phenoxy) is 2. The van der Waals surface area contributed by atoms with E-state index in [1.54, 1.807) is 0 Å². The number of amides is 2. The first-order chi connectivity index (χ1) is 9.61. The fraction of sp³-hybridized carbons (Fsp3) is 0.533. The van der Waals surface area contributed by atoms with Gasteiger partial charge in [-0.25, -0.2) is 4.79 Å². The van der Waals surface area contributed by atoms with Gasteiger partial charge in [-0.2, -0.15) is 0 Å². The van der Waals surface area contributed by atoms with Crippen molar-refractivity contribution >= 4 is 6.03 Å². The van der Waals surface area contributed by atoms with Crippen molar-refractivity contribution in [1.29, 1.82) is 0 Å². The van der Waals surface area contributed by atoms with E-state index < -0.39 is 0 Å². The maximum Gasteiger partial charge on any atom is 0.315 e. The summed E-state index contributed by atoms with van der Waals surface area (Å²) in [6.45, 7) is 7.80. The first-order valence-electron chi connectivity index (χ1n) is 7.05. The molecule has 0 aliphatic carbocycles. The van der Waals surface area contributed by atoms with Crippen molar-refractivity contribution in [2.75, 3.05) is 19.8 Å². The minimum atomic E-state index is -0.152. The van der Waals surface area contributed by atoms with Crippen LogP contribution in [0.3, 0.4) is 0 Å². The summed E-state index contributed by atoms with van der Waals surface area (Å²) in [4.78, 5) is 11.7. The van der Waals surface area contributed by atoms with Crippen LogP contribution in [0.1, 0.15) is 32.4 Å². The number of benzene rings is 1. The Bertz CT molecular complexity index is 474. The summed E-state index contributed by atoms with van der Waals surface area (Å²) in [6, 6.07) is 5.62. The Hall–Kier alpha value is -1.91. The molecule has 0 unspecified atom stereocenters. The minimum Gasteiger partial charge on any atom is -0.486 e. The zero-order valence-corrected chi connectivity index (χ0v) is 12.2. The monoisotopic (exact) mass is 278 g/mol. The second-order valence-corrected chi connectivity index (χ2v) is 5.13. The molecule has 1 atom stereocenters. The van der Waals surface area contributed by atoms with Gasteiger partial charge in [0.25, 0.3) is 0 Å². The summed E-state index contributed by atoms with van der Waals surface area (Å²) in [5.74, 6) is 1.79. The maximum absolute atomic E-state index is 11.7. The molecule has 5 heteroatoms. The highest BCUT2D eigenvalue weighted by atomic mass is 16.6. The van der Waals surface area contributed by atoms with Gasteiger partial charge in [0.05, 0.1) is 6.04 Å². The van der Waals surface area contributed by atoms with E-state index in [-0.39, 0.29) is 18.0 Å². The first kappa shape index (κ1) is 14.5. The van der Waals surface area contributed by atoms with E-state index in [1.807, 2.05) is 25.1 Å². The van der Waals surface area contributed by atoms with Crippen molar-refractivity contribution < 1.29 is 14.3 Å². The highest BCUT2D eigenvalue weighted by Gasteiger charge is 2.21. The Kier molecular flexibility index (Phi) is 4.71. The SMILES string of the molecule is CCNC(=O)N[C@H](c1ccc2c(c1)OCCO2)C(C)C. The Morgan fingerprint density at radius 2 is 1.95 bits per heavy atom. The number of carbonyl (C=O) groups is 1. The number of nitrogens with one attached hydrogen (secondary N) is 2. The highest BCUT2D eigenvalue weighted by Crippen LogP contribution is 2.34. The zero-order chi connectivity index (χ0) is 14.5. The third-order valence-corrected chi connectivity index (χ3v) is 3.22. The third-order valence-electron chi connectivity index (χ3n) is 3.22. The van der Waals surface area contributed by atoms with Gasteiger partial charge in [-0.15, -0.1) is 0 Å². The van der Waals surface area contributed by atoms with Crippen molar-refractivity contribution in [2.45, 2.75) is 26.8 Å². The number of hydrogen-bond donors (Lipinski definition) is 2. The number of urea groups is 1. The van der Waals surface area contributed by atoms with Crippen LogP contribution in [-0.4, -0.2) is 25.8 Å². The molecule has 0 radical (unpaired) electrons. The van der Waals surface area contributed by atoms with Gasteiger partial charge in [-0.3, -0.25) is 0 Å². The van der Waals surface area contributed by atoms with Crippen LogP contribution in [0.25, 0.3) is 0 Å². The minimum absolute atomic E-state index is 0.0580. The first-order valence-corrected chi connectivity index (χ1v) is 7.05. The molecule has 0 saturated carbocycles. The molecule has 2 amide bonds. The lowest BCUT2D eigenvalue weighted by molar-refractivity contribution is 0.171. The van der Waals surface area contributed by atoms with Crippen molar-refractivity contribution in [3.05, 3.63) is 23.8 Å². The van der Waals surface area contributed by atoms with Gasteiger partial charge >= 0.3 is 6.03 Å². The molecule has 0 aromatic heterocycles. The number of rotatable bonds is 4. The Morgan fingerprint density at radius 1 is 1.25 bits per heavy atom. The van der Waals surface area contributed by atoms with Crippen molar-refractivity contribution in [3.8, 4) is 11.5 Å². The van der Waals surface area contributed by atoms with Gasteiger partial charge in [0.2, 0.25) is 0 Å². The summed E-state index contributed by atoms with van der Waals surface area (Å²) in [7, 11) is 0. The van der Waals surface area contributed by atoms with Crippen LogP contribution in [0.2, 0.25) is 0 Å². The van der Waals surface area contributed by atoms with Gasteiger partial charge in [-0.1, -0.05) is 19.9 Å². The molecule has 1 aromatic carbocycles. The second kappa shape index (κ2) is 6.50. The quantitative estimate of drug-likeness (QED) is 0.889. The largest absolute Gasteiger partial charge is 0.486 e. The zero-order valence-electron chi connectivity index (χ0n) is 12.2. The van der Waals surface area contributed by atoms with E-state index in [0.29, 0.717) is 19.8 Å². The molecule has 2 rings (SSSR count). The van der Waals surface area contributed by atoms with Crippen LogP contribution in [-0.2, 0) is 0 Å². The van der Waals surface area contributed by atoms with Crippen molar-refractivity contribution in [3.63, 3.8) is 0 Å². The van der Waals surface area contributed by atoms with Gasteiger partial charge in [0.15, 0.2) is 11.5 Å². The molecule has 2 N–H and O–H groups in total. The normalized spacial score (nSPS) is 14.8. The Morgan fingerprint density at radius 3 is 2.60 bits per heavy atom. The Labute approximate surface area is 119 Å². The standard InChI is InChI=1S/C15H22N2O3/c1-4-16-15(18)17-14(10(2)3)11-5-6-12-13(9-11)20-8-7-19-12/h5-6,9-10,14H,4,7-8H2,1-3H3,(H2,16,17,18)/t14-/m0/s1. The van der Waals surface area contributed by atoms with E-state index in [2.05, 4.69) is 24.5 Å².